The second-order valence-electron chi connectivity index (χ2n) is 21.2. The van der Waals surface area contributed by atoms with Crippen LogP contribution < -0.4 is 0 Å². The molecule has 83 heavy (non-hydrogen) atoms. The van der Waals surface area contributed by atoms with Gasteiger partial charge in [-0.05, 0) is 96.1 Å². The first-order valence-corrected chi connectivity index (χ1v) is 28.0. The third-order valence-electron chi connectivity index (χ3n) is 16.5. The molecule has 16 aromatic rings. The summed E-state index contributed by atoms with van der Waals surface area (Å²) in [6.45, 7) is 0. The van der Waals surface area contributed by atoms with E-state index in [9.17, 15) is 5.26 Å². The largest absolute Gasteiger partial charge is 0.309 e. The fourth-order valence-corrected chi connectivity index (χ4v) is 12.8. The van der Waals surface area contributed by atoms with Gasteiger partial charge in [0.2, 0.25) is 0 Å². The molecule has 12 aromatic carbocycles. The normalized spacial score (nSPS) is 11.6. The minimum Gasteiger partial charge on any atom is -0.309 e. The van der Waals surface area contributed by atoms with Crippen LogP contribution in [0.5, 0.6) is 0 Å². The molecule has 0 unspecified atom stereocenters. The smallest absolute Gasteiger partial charge is 0.160 e. The van der Waals surface area contributed by atoms with Crippen LogP contribution in [0.25, 0.3) is 150 Å². The van der Waals surface area contributed by atoms with Crippen molar-refractivity contribution >= 4 is 65.4 Å². The molecule has 386 valence electrons. The van der Waals surface area contributed by atoms with E-state index in [1.165, 1.54) is 21.5 Å². The summed E-state index contributed by atoms with van der Waals surface area (Å²) in [7, 11) is 0. The molecule has 6 heteroatoms. The van der Waals surface area contributed by atoms with Gasteiger partial charge in [0.05, 0.1) is 73.2 Å². The number of fused-ring (bicyclic) bond motifs is 9. The molecular formula is C77H48N6. The van der Waals surface area contributed by atoms with Gasteiger partial charge in [0, 0.05) is 71.3 Å². The maximum atomic E-state index is 9.75. The standard InChI is InChI=1S/C77H48N6/c78-49-50-39-41-51(42-40-50)54-43-44-75-63(45-54)60-29-11-20-38-74(60)83(75)76-64(61-30-12-18-36-72(61)81-68-32-14-7-25-56(68)57-26-8-15-33-69(57)81)46-55(67-48-66(52-21-3-1-4-22-52)79-77(80-67)53-23-5-2-6-24-53)47-65(76)62-31-13-19-37-73(62)82-70-34-16-9-27-58(70)59-28-10-17-35-71(59)82/h1-48H. The van der Waals surface area contributed by atoms with Crippen molar-refractivity contribution in [1.29, 1.82) is 5.26 Å². The van der Waals surface area contributed by atoms with Gasteiger partial charge in [-0.3, -0.25) is 0 Å². The molecule has 0 N–H and O–H groups in total. The number of hydrogen-bond donors (Lipinski definition) is 0. The first kappa shape index (κ1) is 47.6. The summed E-state index contributed by atoms with van der Waals surface area (Å²) in [5, 5.41) is 16.8. The zero-order valence-electron chi connectivity index (χ0n) is 44.9. The van der Waals surface area contributed by atoms with Gasteiger partial charge < -0.3 is 13.7 Å². The summed E-state index contributed by atoms with van der Waals surface area (Å²) in [5.41, 5.74) is 21.1. The predicted molar refractivity (Wildman–Crippen MR) is 342 cm³/mol. The first-order chi connectivity index (χ1) is 41.1. The van der Waals surface area contributed by atoms with E-state index in [-0.39, 0.29) is 0 Å². The Morgan fingerprint density at radius 1 is 0.265 bits per heavy atom. The Hall–Kier alpha value is -11.4. The van der Waals surface area contributed by atoms with Crippen molar-refractivity contribution in [1.82, 2.24) is 23.7 Å². The summed E-state index contributed by atoms with van der Waals surface area (Å²) >= 11 is 0. The number of hydrogen-bond acceptors (Lipinski definition) is 3. The Morgan fingerprint density at radius 3 is 1.14 bits per heavy atom. The van der Waals surface area contributed by atoms with Crippen LogP contribution in [0.15, 0.2) is 291 Å². The average molecular weight is 1060 g/mol. The molecule has 0 bridgehead atoms. The number of nitrogens with zero attached hydrogens (tertiary/aromatic N) is 6. The van der Waals surface area contributed by atoms with Crippen molar-refractivity contribution in [2.24, 2.45) is 0 Å². The Labute approximate surface area is 478 Å². The molecule has 0 aliphatic rings. The van der Waals surface area contributed by atoms with Crippen molar-refractivity contribution in [3.8, 4) is 90.4 Å². The van der Waals surface area contributed by atoms with Crippen LogP contribution in [0, 0.1) is 11.3 Å². The summed E-state index contributed by atoms with van der Waals surface area (Å²) < 4.78 is 7.41. The second-order valence-corrected chi connectivity index (χ2v) is 21.2. The minimum absolute atomic E-state index is 0.631. The lowest BCUT2D eigenvalue weighted by molar-refractivity contribution is 1.15. The molecule has 0 atom stereocenters. The second kappa shape index (κ2) is 19.5. The fraction of sp³-hybridized carbons (Fsp3) is 0. The molecule has 0 fully saturated rings. The SMILES string of the molecule is N#Cc1ccc(-c2ccc3c(c2)c2ccccc2n3-c2c(-c3ccccc3-n3c4ccccc4c4ccccc43)cc(-c3cc(-c4ccccc4)nc(-c4ccccc4)n3)cc2-c2ccccc2-n2c3ccccc3c3ccccc32)cc1. The van der Waals surface area contributed by atoms with Gasteiger partial charge >= 0.3 is 0 Å². The van der Waals surface area contributed by atoms with Crippen LogP contribution in [0.4, 0.5) is 0 Å². The van der Waals surface area contributed by atoms with Crippen LogP contribution in [-0.4, -0.2) is 23.7 Å². The Morgan fingerprint density at radius 2 is 0.651 bits per heavy atom. The van der Waals surface area contributed by atoms with Crippen molar-refractivity contribution < 1.29 is 0 Å². The Balaban J connectivity index is 1.09. The van der Waals surface area contributed by atoms with E-state index in [1.54, 1.807) is 0 Å². The molecule has 16 rings (SSSR count). The Bertz CT molecular complexity index is 4930. The van der Waals surface area contributed by atoms with E-state index in [0.717, 1.165) is 122 Å². The molecule has 0 aliphatic heterocycles. The maximum absolute atomic E-state index is 9.75. The number of rotatable bonds is 9. The minimum atomic E-state index is 0.631. The summed E-state index contributed by atoms with van der Waals surface area (Å²) in [4.78, 5) is 10.9. The van der Waals surface area contributed by atoms with Gasteiger partial charge in [-0.15, -0.1) is 0 Å². The van der Waals surface area contributed by atoms with Crippen molar-refractivity contribution in [2.45, 2.75) is 0 Å². The van der Waals surface area contributed by atoms with E-state index in [0.29, 0.717) is 11.4 Å². The maximum Gasteiger partial charge on any atom is 0.160 e. The highest BCUT2D eigenvalue weighted by molar-refractivity contribution is 6.14. The van der Waals surface area contributed by atoms with Gasteiger partial charge in [-0.2, -0.15) is 5.26 Å². The zero-order valence-corrected chi connectivity index (χ0v) is 44.9. The van der Waals surface area contributed by atoms with Crippen LogP contribution in [-0.2, 0) is 0 Å². The highest BCUT2D eigenvalue weighted by Gasteiger charge is 2.27. The fourth-order valence-electron chi connectivity index (χ4n) is 12.8. The quantitative estimate of drug-likeness (QED) is 0.145. The molecule has 0 aliphatic carbocycles. The van der Waals surface area contributed by atoms with E-state index < -0.39 is 0 Å². The van der Waals surface area contributed by atoms with Gasteiger partial charge in [-0.1, -0.05) is 206 Å². The topological polar surface area (TPSA) is 64.4 Å². The molecule has 6 nitrogen and oxygen atoms in total. The van der Waals surface area contributed by atoms with Crippen molar-refractivity contribution in [3.05, 3.63) is 297 Å². The summed E-state index contributed by atoms with van der Waals surface area (Å²) in [6, 6.07) is 106. The highest BCUT2D eigenvalue weighted by atomic mass is 15.0. The van der Waals surface area contributed by atoms with Gasteiger partial charge in [0.15, 0.2) is 5.82 Å². The van der Waals surface area contributed by atoms with Gasteiger partial charge in [0.1, 0.15) is 0 Å². The van der Waals surface area contributed by atoms with Crippen LogP contribution in [0.3, 0.4) is 0 Å². The lowest BCUT2D eigenvalue weighted by Gasteiger charge is -2.24. The molecular weight excluding hydrogens is 1010 g/mol. The highest BCUT2D eigenvalue weighted by Crippen LogP contribution is 2.49. The number of para-hydroxylation sites is 7. The number of aromatic nitrogens is 5. The van der Waals surface area contributed by atoms with Gasteiger partial charge in [0.25, 0.3) is 0 Å². The van der Waals surface area contributed by atoms with Crippen LogP contribution in [0.1, 0.15) is 5.56 Å². The average Bonchev–Trinajstić information content (AvgIpc) is 3.80. The lowest BCUT2D eigenvalue weighted by atomic mass is 9.90. The third kappa shape index (κ3) is 7.79. The number of benzene rings is 12. The molecule has 0 radical (unpaired) electrons. The molecule has 0 spiro atoms. The summed E-state index contributed by atoms with van der Waals surface area (Å²) in [6.07, 6.45) is 0. The molecule has 0 amide bonds. The van der Waals surface area contributed by atoms with E-state index in [1.807, 2.05) is 36.4 Å². The van der Waals surface area contributed by atoms with Crippen molar-refractivity contribution in [2.75, 3.05) is 0 Å². The van der Waals surface area contributed by atoms with E-state index in [2.05, 4.69) is 275 Å². The monoisotopic (exact) mass is 1060 g/mol. The zero-order chi connectivity index (χ0) is 55.0. The van der Waals surface area contributed by atoms with Crippen LogP contribution >= 0.6 is 0 Å². The summed E-state index contributed by atoms with van der Waals surface area (Å²) in [5.74, 6) is 0.644. The number of nitriles is 1. The first-order valence-electron chi connectivity index (χ1n) is 28.0. The third-order valence-corrected chi connectivity index (χ3v) is 16.5. The van der Waals surface area contributed by atoms with Crippen LogP contribution in [0.2, 0.25) is 0 Å². The molecule has 0 saturated heterocycles. The predicted octanol–water partition coefficient (Wildman–Crippen LogP) is 19.6. The molecule has 0 saturated carbocycles. The Kier molecular flexibility index (Phi) is 11.2. The van der Waals surface area contributed by atoms with E-state index >= 15 is 0 Å². The molecule has 4 aromatic heterocycles. The van der Waals surface area contributed by atoms with Gasteiger partial charge in [-0.25, -0.2) is 9.97 Å². The lowest BCUT2D eigenvalue weighted by Crippen LogP contribution is -2.06. The van der Waals surface area contributed by atoms with E-state index in [4.69, 9.17) is 9.97 Å². The van der Waals surface area contributed by atoms with Crippen molar-refractivity contribution in [3.63, 3.8) is 0 Å². The molecule has 4 heterocycles.